The molecule has 0 heterocycles. The van der Waals surface area contributed by atoms with E-state index in [4.69, 9.17) is 0 Å². The van der Waals surface area contributed by atoms with Crippen molar-refractivity contribution in [1.29, 1.82) is 0 Å². The Labute approximate surface area is 147 Å². The van der Waals surface area contributed by atoms with Crippen molar-refractivity contribution in [2.24, 2.45) is 0 Å². The fourth-order valence-electron chi connectivity index (χ4n) is 3.34. The monoisotopic (exact) mass is 326 g/mol. The van der Waals surface area contributed by atoms with E-state index in [0.717, 1.165) is 12.8 Å². The number of unbranched alkanes of at least 4 members (excludes halogenated alkanes) is 15. The van der Waals surface area contributed by atoms with Gasteiger partial charge < -0.3 is 5.11 Å². The summed E-state index contributed by atoms with van der Waals surface area (Å²) < 4.78 is 0. The van der Waals surface area contributed by atoms with Crippen LogP contribution in [-0.2, 0) is 0 Å². The van der Waals surface area contributed by atoms with Gasteiger partial charge in [-0.15, -0.1) is 0 Å². The Kier molecular flexibility index (Phi) is 20.0. The standard InChI is InChI=1S/C22H46O/c1-3-5-7-8-9-10-11-12-13-14-15-16-17-18-19-21-22(23)20-6-4-2/h22-23H,3-21H2,1-2H3. The third kappa shape index (κ3) is 19.9. The molecule has 0 bridgehead atoms. The number of aliphatic hydroxyl groups excluding tert-OH is 1. The highest BCUT2D eigenvalue weighted by molar-refractivity contribution is 4.56. The van der Waals surface area contributed by atoms with E-state index in [0.29, 0.717) is 0 Å². The molecular formula is C22H46O. The normalized spacial score (nSPS) is 12.7. The van der Waals surface area contributed by atoms with Gasteiger partial charge in [0.2, 0.25) is 0 Å². The van der Waals surface area contributed by atoms with Crippen LogP contribution in [0.1, 0.15) is 136 Å². The van der Waals surface area contributed by atoms with Gasteiger partial charge in [-0.1, -0.05) is 123 Å². The molecule has 0 aliphatic rings. The summed E-state index contributed by atoms with van der Waals surface area (Å²) in [6.45, 7) is 4.48. The Balaban J connectivity index is 3.02. The maximum atomic E-state index is 9.78. The molecular weight excluding hydrogens is 280 g/mol. The van der Waals surface area contributed by atoms with Gasteiger partial charge in [-0.05, 0) is 12.8 Å². The molecule has 0 aromatic rings. The zero-order valence-electron chi connectivity index (χ0n) is 16.5. The first kappa shape index (κ1) is 23.0. The van der Waals surface area contributed by atoms with Crippen LogP contribution in [0.3, 0.4) is 0 Å². The highest BCUT2D eigenvalue weighted by Gasteiger charge is 2.02. The lowest BCUT2D eigenvalue weighted by atomic mass is 10.0. The molecule has 23 heavy (non-hydrogen) atoms. The molecule has 1 heteroatoms. The van der Waals surface area contributed by atoms with Crippen LogP contribution < -0.4 is 0 Å². The summed E-state index contributed by atoms with van der Waals surface area (Å²) in [5, 5.41) is 9.78. The highest BCUT2D eigenvalue weighted by Crippen LogP contribution is 2.14. The summed E-state index contributed by atoms with van der Waals surface area (Å²) in [6, 6.07) is 0. The topological polar surface area (TPSA) is 20.2 Å². The fourth-order valence-corrected chi connectivity index (χ4v) is 3.34. The molecule has 0 aliphatic carbocycles. The third-order valence-corrected chi connectivity index (χ3v) is 5.03. The van der Waals surface area contributed by atoms with Crippen molar-refractivity contribution in [3.63, 3.8) is 0 Å². The van der Waals surface area contributed by atoms with Crippen molar-refractivity contribution in [2.75, 3.05) is 0 Å². The van der Waals surface area contributed by atoms with Gasteiger partial charge in [0.05, 0.1) is 6.10 Å². The Bertz CT molecular complexity index is 202. The lowest BCUT2D eigenvalue weighted by Gasteiger charge is -2.09. The van der Waals surface area contributed by atoms with E-state index in [-0.39, 0.29) is 6.10 Å². The van der Waals surface area contributed by atoms with Crippen LogP contribution in [0.5, 0.6) is 0 Å². The summed E-state index contributed by atoms with van der Waals surface area (Å²) in [7, 11) is 0. The van der Waals surface area contributed by atoms with Gasteiger partial charge in [0.1, 0.15) is 0 Å². The lowest BCUT2D eigenvalue weighted by molar-refractivity contribution is 0.148. The second kappa shape index (κ2) is 20.0. The van der Waals surface area contributed by atoms with Gasteiger partial charge in [0, 0.05) is 0 Å². The molecule has 0 fully saturated rings. The van der Waals surface area contributed by atoms with E-state index < -0.39 is 0 Å². The SMILES string of the molecule is CCCCCCCCCCCCCCCCCC(O)CCCC. The Morgan fingerprint density at radius 1 is 0.435 bits per heavy atom. The predicted molar refractivity (Wildman–Crippen MR) is 105 cm³/mol. The molecule has 1 nitrogen and oxygen atoms in total. The minimum absolute atomic E-state index is 0.0306. The Hall–Kier alpha value is -0.0400. The Morgan fingerprint density at radius 2 is 0.739 bits per heavy atom. The van der Waals surface area contributed by atoms with Crippen molar-refractivity contribution >= 4 is 0 Å². The quantitative estimate of drug-likeness (QED) is 0.240. The van der Waals surface area contributed by atoms with Gasteiger partial charge in [-0.2, -0.15) is 0 Å². The van der Waals surface area contributed by atoms with Gasteiger partial charge >= 0.3 is 0 Å². The molecule has 0 rings (SSSR count). The second-order valence-corrected chi connectivity index (χ2v) is 7.53. The molecule has 0 radical (unpaired) electrons. The molecule has 1 unspecified atom stereocenters. The third-order valence-electron chi connectivity index (χ3n) is 5.03. The molecule has 0 aromatic heterocycles. The van der Waals surface area contributed by atoms with Crippen molar-refractivity contribution < 1.29 is 5.11 Å². The largest absolute Gasteiger partial charge is 0.393 e. The maximum absolute atomic E-state index is 9.78. The van der Waals surface area contributed by atoms with Crippen molar-refractivity contribution in [1.82, 2.24) is 0 Å². The summed E-state index contributed by atoms with van der Waals surface area (Å²) in [4.78, 5) is 0. The van der Waals surface area contributed by atoms with E-state index in [1.807, 2.05) is 0 Å². The van der Waals surface area contributed by atoms with Gasteiger partial charge in [0.25, 0.3) is 0 Å². The minimum atomic E-state index is -0.0306. The minimum Gasteiger partial charge on any atom is -0.393 e. The summed E-state index contributed by atoms with van der Waals surface area (Å²) in [6.07, 6.45) is 25.6. The van der Waals surface area contributed by atoms with Gasteiger partial charge in [0.15, 0.2) is 0 Å². The molecule has 0 spiro atoms. The smallest absolute Gasteiger partial charge is 0.0540 e. The first-order valence-corrected chi connectivity index (χ1v) is 11.0. The van der Waals surface area contributed by atoms with E-state index in [2.05, 4.69) is 13.8 Å². The number of hydrogen-bond acceptors (Lipinski definition) is 1. The van der Waals surface area contributed by atoms with E-state index in [1.165, 1.54) is 109 Å². The summed E-state index contributed by atoms with van der Waals surface area (Å²) in [5.41, 5.74) is 0. The molecule has 0 amide bonds. The zero-order valence-corrected chi connectivity index (χ0v) is 16.5. The maximum Gasteiger partial charge on any atom is 0.0540 e. The van der Waals surface area contributed by atoms with E-state index >= 15 is 0 Å². The van der Waals surface area contributed by atoms with Crippen LogP contribution in [0.15, 0.2) is 0 Å². The predicted octanol–water partition coefficient (Wildman–Crippen LogP) is 7.80. The fraction of sp³-hybridized carbons (Fsp3) is 1.00. The second-order valence-electron chi connectivity index (χ2n) is 7.53. The average molecular weight is 327 g/mol. The lowest BCUT2D eigenvalue weighted by Crippen LogP contribution is -2.05. The highest BCUT2D eigenvalue weighted by atomic mass is 16.3. The number of rotatable bonds is 19. The molecule has 0 aliphatic heterocycles. The van der Waals surface area contributed by atoms with Gasteiger partial charge in [-0.25, -0.2) is 0 Å². The van der Waals surface area contributed by atoms with Crippen LogP contribution in [0, 0.1) is 0 Å². The molecule has 0 saturated heterocycles. The molecule has 0 saturated carbocycles. The van der Waals surface area contributed by atoms with Crippen molar-refractivity contribution in [3.05, 3.63) is 0 Å². The van der Waals surface area contributed by atoms with Crippen molar-refractivity contribution in [2.45, 2.75) is 142 Å². The van der Waals surface area contributed by atoms with Gasteiger partial charge in [-0.3, -0.25) is 0 Å². The molecule has 1 N–H and O–H groups in total. The summed E-state index contributed by atoms with van der Waals surface area (Å²) >= 11 is 0. The number of hydrogen-bond donors (Lipinski definition) is 1. The van der Waals surface area contributed by atoms with E-state index in [1.54, 1.807) is 0 Å². The Morgan fingerprint density at radius 3 is 1.13 bits per heavy atom. The number of aliphatic hydroxyl groups is 1. The zero-order chi connectivity index (χ0) is 17.0. The van der Waals surface area contributed by atoms with Crippen LogP contribution in [-0.4, -0.2) is 11.2 Å². The van der Waals surface area contributed by atoms with Crippen LogP contribution >= 0.6 is 0 Å². The van der Waals surface area contributed by atoms with Crippen LogP contribution in [0.25, 0.3) is 0 Å². The first-order chi connectivity index (χ1) is 11.3. The first-order valence-electron chi connectivity index (χ1n) is 11.0. The molecule has 1 atom stereocenters. The molecule has 0 aromatic carbocycles. The van der Waals surface area contributed by atoms with Crippen molar-refractivity contribution in [3.8, 4) is 0 Å². The average Bonchev–Trinajstić information content (AvgIpc) is 2.56. The van der Waals surface area contributed by atoms with Crippen LogP contribution in [0.4, 0.5) is 0 Å². The van der Waals surface area contributed by atoms with E-state index in [9.17, 15) is 5.11 Å². The molecule has 140 valence electrons. The summed E-state index contributed by atoms with van der Waals surface area (Å²) in [5.74, 6) is 0. The van der Waals surface area contributed by atoms with Crippen LogP contribution in [0.2, 0.25) is 0 Å².